The van der Waals surface area contributed by atoms with E-state index in [0.29, 0.717) is 12.8 Å². The molecule has 0 N–H and O–H groups in total. The van der Waals surface area contributed by atoms with E-state index in [1.54, 1.807) is 11.0 Å². The van der Waals surface area contributed by atoms with Crippen LogP contribution in [0.2, 0.25) is 0 Å². The highest BCUT2D eigenvalue weighted by molar-refractivity contribution is 5.79. The number of piperidine rings is 2. The normalized spacial score (nSPS) is 22.7. The summed E-state index contributed by atoms with van der Waals surface area (Å²) in [5.41, 5.74) is 1.92. The van der Waals surface area contributed by atoms with Crippen molar-refractivity contribution in [2.45, 2.75) is 39.0 Å². The van der Waals surface area contributed by atoms with E-state index >= 15 is 0 Å². The van der Waals surface area contributed by atoms with Gasteiger partial charge in [0.15, 0.2) is 0 Å². The average molecular weight is 382 g/mol. The smallest absolute Gasteiger partial charge is 0.227 e. The lowest BCUT2D eigenvalue weighted by Crippen LogP contribution is -2.55. The molecule has 2 aliphatic heterocycles. The topological polar surface area (TPSA) is 84.2 Å². The van der Waals surface area contributed by atoms with E-state index in [-0.39, 0.29) is 17.2 Å². The first-order valence-electron chi connectivity index (χ1n) is 9.96. The number of hydrogen-bond donors (Lipinski definition) is 0. The van der Waals surface area contributed by atoms with Crippen LogP contribution >= 0.6 is 0 Å². The third kappa shape index (κ3) is 3.76. The maximum Gasteiger partial charge on any atom is 0.227 e. The van der Waals surface area contributed by atoms with Gasteiger partial charge in [-0.3, -0.25) is 9.59 Å². The van der Waals surface area contributed by atoms with Crippen molar-refractivity contribution >= 4 is 11.8 Å². The van der Waals surface area contributed by atoms with Gasteiger partial charge in [-0.25, -0.2) is 4.68 Å². The first-order valence-corrected chi connectivity index (χ1v) is 9.96. The van der Waals surface area contributed by atoms with Crippen molar-refractivity contribution in [3.05, 3.63) is 36.2 Å². The van der Waals surface area contributed by atoms with Crippen LogP contribution in [0, 0.1) is 5.41 Å². The van der Waals surface area contributed by atoms with Crippen LogP contribution < -0.4 is 0 Å². The molecular formula is C20H26N6O2. The number of hydrogen-bond acceptors (Lipinski definition) is 5. The SMILES string of the molecule is CCN1C[C@@]2(CCCN(C(=O)Cc3ccc(-n4cnnn4)cc3)C2)CCC1=O. The molecule has 2 aliphatic rings. The van der Waals surface area contributed by atoms with E-state index in [1.165, 1.54) is 0 Å². The lowest BCUT2D eigenvalue weighted by Gasteiger charge is -2.48. The molecule has 1 atom stereocenters. The number of aromatic nitrogens is 4. The predicted molar refractivity (Wildman–Crippen MR) is 103 cm³/mol. The molecule has 1 aromatic heterocycles. The van der Waals surface area contributed by atoms with Crippen molar-refractivity contribution in [3.63, 3.8) is 0 Å². The summed E-state index contributed by atoms with van der Waals surface area (Å²) < 4.78 is 1.59. The monoisotopic (exact) mass is 382 g/mol. The number of tetrazole rings is 1. The highest BCUT2D eigenvalue weighted by Crippen LogP contribution is 2.38. The maximum absolute atomic E-state index is 12.9. The Hall–Kier alpha value is -2.77. The summed E-state index contributed by atoms with van der Waals surface area (Å²) in [7, 11) is 0. The van der Waals surface area contributed by atoms with Gasteiger partial charge in [0, 0.05) is 38.0 Å². The third-order valence-corrected chi connectivity index (χ3v) is 6.05. The Balaban J connectivity index is 1.40. The van der Waals surface area contributed by atoms with E-state index in [0.717, 1.165) is 56.7 Å². The van der Waals surface area contributed by atoms with Crippen molar-refractivity contribution in [2.75, 3.05) is 26.2 Å². The highest BCUT2D eigenvalue weighted by atomic mass is 16.2. The van der Waals surface area contributed by atoms with Crippen molar-refractivity contribution in [1.82, 2.24) is 30.0 Å². The molecule has 8 nitrogen and oxygen atoms in total. The molecule has 148 valence electrons. The fraction of sp³-hybridized carbons (Fsp3) is 0.550. The minimum Gasteiger partial charge on any atom is -0.342 e. The second-order valence-corrected chi connectivity index (χ2v) is 7.92. The van der Waals surface area contributed by atoms with Crippen LogP contribution in [0.15, 0.2) is 30.6 Å². The third-order valence-electron chi connectivity index (χ3n) is 6.05. The number of carbonyl (C=O) groups excluding carboxylic acids is 2. The zero-order valence-electron chi connectivity index (χ0n) is 16.3. The van der Waals surface area contributed by atoms with Crippen molar-refractivity contribution in [3.8, 4) is 5.69 Å². The van der Waals surface area contributed by atoms with Crippen molar-refractivity contribution < 1.29 is 9.59 Å². The molecule has 2 aromatic rings. The van der Waals surface area contributed by atoms with Crippen LogP contribution in [0.1, 0.15) is 38.2 Å². The fourth-order valence-corrected chi connectivity index (χ4v) is 4.48. The van der Waals surface area contributed by atoms with E-state index in [9.17, 15) is 9.59 Å². The summed E-state index contributed by atoms with van der Waals surface area (Å²) in [4.78, 5) is 28.9. The predicted octanol–water partition coefficient (Wildman–Crippen LogP) is 1.46. The molecule has 0 aliphatic carbocycles. The molecule has 8 heteroatoms. The molecule has 0 unspecified atom stereocenters. The first-order chi connectivity index (χ1) is 13.6. The summed E-state index contributed by atoms with van der Waals surface area (Å²) in [6.45, 7) is 5.14. The molecule has 0 saturated carbocycles. The van der Waals surface area contributed by atoms with E-state index in [2.05, 4.69) is 15.5 Å². The van der Waals surface area contributed by atoms with E-state index in [4.69, 9.17) is 0 Å². The molecule has 2 fully saturated rings. The number of rotatable bonds is 4. The Labute approximate surface area is 164 Å². The van der Waals surface area contributed by atoms with Crippen LogP contribution in [-0.4, -0.2) is 68.0 Å². The summed E-state index contributed by atoms with van der Waals surface area (Å²) in [6.07, 6.45) is 5.54. The Morgan fingerprint density at radius 3 is 2.71 bits per heavy atom. The lowest BCUT2D eigenvalue weighted by molar-refractivity contribution is -0.142. The first kappa shape index (κ1) is 18.6. The molecule has 0 bridgehead atoms. The number of nitrogens with zero attached hydrogens (tertiary/aromatic N) is 6. The highest BCUT2D eigenvalue weighted by Gasteiger charge is 2.42. The van der Waals surface area contributed by atoms with Gasteiger partial charge in [0.2, 0.25) is 11.8 Å². The zero-order valence-corrected chi connectivity index (χ0v) is 16.3. The van der Waals surface area contributed by atoms with Gasteiger partial charge in [-0.05, 0) is 54.3 Å². The molecular weight excluding hydrogens is 356 g/mol. The molecule has 2 saturated heterocycles. The summed E-state index contributed by atoms with van der Waals surface area (Å²) >= 11 is 0. The Morgan fingerprint density at radius 1 is 1.18 bits per heavy atom. The van der Waals surface area contributed by atoms with Gasteiger partial charge >= 0.3 is 0 Å². The summed E-state index contributed by atoms with van der Waals surface area (Å²) in [5, 5.41) is 11.1. The molecule has 28 heavy (non-hydrogen) atoms. The van der Waals surface area contributed by atoms with Crippen molar-refractivity contribution in [2.24, 2.45) is 5.41 Å². The minimum absolute atomic E-state index is 0.0712. The van der Waals surface area contributed by atoms with Crippen LogP contribution in [-0.2, 0) is 16.0 Å². The standard InChI is InChI=1S/C20H26N6O2/c1-2-24-13-20(10-8-18(24)27)9-3-11-25(14-20)19(28)12-16-4-6-17(7-5-16)26-15-21-22-23-26/h4-7,15H,2-3,8-14H2,1H3/t20-/m1/s1. The number of amides is 2. The quantitative estimate of drug-likeness (QED) is 0.799. The van der Waals surface area contributed by atoms with Gasteiger partial charge < -0.3 is 9.80 Å². The van der Waals surface area contributed by atoms with Gasteiger partial charge in [0.05, 0.1) is 12.1 Å². The van der Waals surface area contributed by atoms with E-state index in [1.807, 2.05) is 41.0 Å². The Morgan fingerprint density at radius 2 is 2.00 bits per heavy atom. The Kier molecular flexibility index (Phi) is 5.11. The van der Waals surface area contributed by atoms with Crippen LogP contribution in [0.25, 0.3) is 5.69 Å². The number of carbonyl (C=O) groups is 2. The van der Waals surface area contributed by atoms with Gasteiger partial charge in [-0.1, -0.05) is 12.1 Å². The second kappa shape index (κ2) is 7.69. The van der Waals surface area contributed by atoms with Gasteiger partial charge in [0.1, 0.15) is 6.33 Å². The summed E-state index contributed by atoms with van der Waals surface area (Å²) in [5.74, 6) is 0.411. The van der Waals surface area contributed by atoms with Crippen molar-refractivity contribution in [1.29, 1.82) is 0 Å². The zero-order chi connectivity index (χ0) is 19.6. The fourth-order valence-electron chi connectivity index (χ4n) is 4.48. The molecule has 1 aromatic carbocycles. The second-order valence-electron chi connectivity index (χ2n) is 7.92. The largest absolute Gasteiger partial charge is 0.342 e. The van der Waals surface area contributed by atoms with Gasteiger partial charge in [0.25, 0.3) is 0 Å². The van der Waals surface area contributed by atoms with Crippen LogP contribution in [0.3, 0.4) is 0 Å². The molecule has 3 heterocycles. The minimum atomic E-state index is 0.0712. The molecule has 0 radical (unpaired) electrons. The molecule has 1 spiro atoms. The molecule has 4 rings (SSSR count). The lowest BCUT2D eigenvalue weighted by atomic mass is 9.73. The van der Waals surface area contributed by atoms with Gasteiger partial charge in [-0.2, -0.15) is 0 Å². The van der Waals surface area contributed by atoms with E-state index < -0.39 is 0 Å². The average Bonchev–Trinajstić information content (AvgIpc) is 3.25. The van der Waals surface area contributed by atoms with Gasteiger partial charge in [-0.15, -0.1) is 5.10 Å². The maximum atomic E-state index is 12.9. The molecule has 2 amide bonds. The van der Waals surface area contributed by atoms with Crippen LogP contribution in [0.4, 0.5) is 0 Å². The summed E-state index contributed by atoms with van der Waals surface area (Å²) in [6, 6.07) is 7.74. The van der Waals surface area contributed by atoms with Crippen LogP contribution in [0.5, 0.6) is 0 Å². The number of likely N-dealkylation sites (tertiary alicyclic amines) is 2. The Bertz CT molecular complexity index is 835. The number of benzene rings is 1.